The third-order valence-electron chi connectivity index (χ3n) is 4.80. The van der Waals surface area contributed by atoms with Crippen LogP contribution in [0.25, 0.3) is 22.2 Å². The number of nitrogens with zero attached hydrogens (tertiary/aromatic N) is 2. The number of non-ortho nitro benzene ring substituents is 1. The zero-order chi connectivity index (χ0) is 20.1. The molecule has 29 heavy (non-hydrogen) atoms. The number of hydrogen-bond donors (Lipinski definition) is 1. The van der Waals surface area contributed by atoms with Crippen LogP contribution in [0.2, 0.25) is 0 Å². The Kier molecular flexibility index (Phi) is 3.48. The molecule has 0 radical (unpaired) electrons. The molecule has 0 spiro atoms. The maximum Gasteiger partial charge on any atom is 0.269 e. The van der Waals surface area contributed by atoms with E-state index in [-0.39, 0.29) is 22.8 Å². The van der Waals surface area contributed by atoms with Gasteiger partial charge in [-0.2, -0.15) is 0 Å². The maximum atomic E-state index is 12.9. The molecule has 7 heteroatoms. The molecule has 0 fully saturated rings. The fourth-order valence-corrected chi connectivity index (χ4v) is 3.44. The smallest absolute Gasteiger partial charge is 0.269 e. The highest BCUT2D eigenvalue weighted by molar-refractivity contribution is 6.26. The number of phenols is 1. The topological polar surface area (TPSA) is 106 Å². The summed E-state index contributed by atoms with van der Waals surface area (Å²) in [6.45, 7) is 0. The van der Waals surface area contributed by atoms with Gasteiger partial charge in [0.05, 0.1) is 21.4 Å². The van der Waals surface area contributed by atoms with Crippen molar-refractivity contribution < 1.29 is 19.3 Å². The predicted octanol–water partition coefficient (Wildman–Crippen LogP) is 4.05. The van der Waals surface area contributed by atoms with Gasteiger partial charge in [-0.25, -0.2) is 0 Å². The molecule has 1 aliphatic carbocycles. The summed E-state index contributed by atoms with van der Waals surface area (Å²) in [5.74, 6) is 5.72. The molecule has 1 aliphatic rings. The minimum Gasteiger partial charge on any atom is -0.507 e. The molecule has 3 aromatic carbocycles. The third kappa shape index (κ3) is 2.47. The summed E-state index contributed by atoms with van der Waals surface area (Å²) in [5, 5.41) is 25.8. The van der Waals surface area contributed by atoms with Gasteiger partial charge in [-0.3, -0.25) is 14.9 Å². The van der Waals surface area contributed by atoms with E-state index in [2.05, 4.69) is 17.0 Å². The number of aromatic hydroxyl groups is 1. The molecule has 0 saturated heterocycles. The van der Waals surface area contributed by atoms with Crippen LogP contribution in [-0.4, -0.2) is 21.0 Å². The lowest BCUT2D eigenvalue weighted by Crippen LogP contribution is -2.09. The lowest BCUT2D eigenvalue weighted by molar-refractivity contribution is -0.384. The van der Waals surface area contributed by atoms with Gasteiger partial charge in [0.2, 0.25) is 0 Å². The van der Waals surface area contributed by atoms with Crippen LogP contribution < -0.4 is 0 Å². The van der Waals surface area contributed by atoms with Gasteiger partial charge < -0.3 is 9.63 Å². The van der Waals surface area contributed by atoms with Gasteiger partial charge in [-0.15, -0.1) is 0 Å². The van der Waals surface area contributed by atoms with Crippen molar-refractivity contribution in [1.29, 1.82) is 0 Å². The first-order valence-electron chi connectivity index (χ1n) is 8.60. The highest BCUT2D eigenvalue weighted by Crippen LogP contribution is 2.43. The van der Waals surface area contributed by atoms with Gasteiger partial charge >= 0.3 is 0 Å². The molecule has 0 atom stereocenters. The maximum absolute atomic E-state index is 12.9. The molecular weight excluding hydrogens is 372 g/mol. The van der Waals surface area contributed by atoms with Gasteiger partial charge in [0.25, 0.3) is 5.69 Å². The van der Waals surface area contributed by atoms with Crippen LogP contribution in [0.5, 0.6) is 5.75 Å². The van der Waals surface area contributed by atoms with Crippen molar-refractivity contribution in [2.24, 2.45) is 0 Å². The van der Waals surface area contributed by atoms with Crippen LogP contribution in [0.15, 0.2) is 59.1 Å². The molecule has 0 aliphatic heterocycles. The molecular formula is C22H10N2O5. The SMILES string of the molecule is O=C1c2ccccc2-c2onc3c(C#Cc4ccc([N+](=O)[O-])cc4)cc(O)c1c23. The number of aromatic nitrogens is 1. The van der Waals surface area contributed by atoms with E-state index in [1.54, 1.807) is 24.3 Å². The fourth-order valence-electron chi connectivity index (χ4n) is 3.44. The van der Waals surface area contributed by atoms with Crippen LogP contribution in [-0.2, 0) is 0 Å². The third-order valence-corrected chi connectivity index (χ3v) is 4.80. The van der Waals surface area contributed by atoms with Gasteiger partial charge in [0.15, 0.2) is 11.5 Å². The second-order valence-electron chi connectivity index (χ2n) is 6.48. The van der Waals surface area contributed by atoms with E-state index in [9.17, 15) is 20.0 Å². The van der Waals surface area contributed by atoms with E-state index in [1.807, 2.05) is 0 Å². The first-order chi connectivity index (χ1) is 14.0. The Labute approximate surface area is 163 Å². The van der Waals surface area contributed by atoms with Gasteiger partial charge in [0.1, 0.15) is 11.3 Å². The summed E-state index contributed by atoms with van der Waals surface area (Å²) in [7, 11) is 0. The van der Waals surface area contributed by atoms with E-state index in [0.29, 0.717) is 38.9 Å². The number of nitro benzene ring substituents is 1. The molecule has 138 valence electrons. The Hall–Kier alpha value is -4.44. The van der Waals surface area contributed by atoms with Crippen LogP contribution in [0, 0.1) is 22.0 Å². The summed E-state index contributed by atoms with van der Waals surface area (Å²) in [4.78, 5) is 23.1. The fraction of sp³-hybridized carbons (Fsp3) is 0. The Morgan fingerprint density at radius 2 is 1.76 bits per heavy atom. The Morgan fingerprint density at radius 3 is 2.48 bits per heavy atom. The number of rotatable bonds is 1. The molecule has 0 unspecified atom stereocenters. The lowest BCUT2D eigenvalue weighted by Gasteiger charge is -2.14. The van der Waals surface area contributed by atoms with Crippen LogP contribution in [0.3, 0.4) is 0 Å². The molecule has 5 rings (SSSR count). The monoisotopic (exact) mass is 382 g/mol. The van der Waals surface area contributed by atoms with Crippen molar-refractivity contribution >= 4 is 22.4 Å². The van der Waals surface area contributed by atoms with Crippen molar-refractivity contribution in [1.82, 2.24) is 5.16 Å². The highest BCUT2D eigenvalue weighted by Gasteiger charge is 2.32. The standard InChI is InChI=1S/C22H10N2O5/c25-17-11-13(8-5-12-6-9-14(10-7-12)24(27)28)20-19-18(17)21(26)15-3-1-2-4-16(15)22(19)29-23-20/h1-4,6-7,9-11,25H. The number of phenolic OH excluding ortho intramolecular Hbond substituents is 1. The minimum atomic E-state index is -0.484. The van der Waals surface area contributed by atoms with Crippen molar-refractivity contribution in [3.05, 3.63) is 87.0 Å². The van der Waals surface area contributed by atoms with Crippen molar-refractivity contribution in [2.45, 2.75) is 0 Å². The lowest BCUT2D eigenvalue weighted by atomic mass is 9.86. The average molecular weight is 382 g/mol. The summed E-state index contributed by atoms with van der Waals surface area (Å²) in [6.07, 6.45) is 0. The summed E-state index contributed by atoms with van der Waals surface area (Å²) < 4.78 is 5.50. The van der Waals surface area contributed by atoms with E-state index < -0.39 is 4.92 Å². The first kappa shape index (κ1) is 16.7. The second kappa shape index (κ2) is 6.04. The zero-order valence-electron chi connectivity index (χ0n) is 14.7. The highest BCUT2D eigenvalue weighted by atomic mass is 16.6. The van der Waals surface area contributed by atoms with Crippen molar-refractivity contribution in [3.8, 4) is 28.9 Å². The first-order valence-corrected chi connectivity index (χ1v) is 8.60. The number of hydrogen-bond acceptors (Lipinski definition) is 6. The second-order valence-corrected chi connectivity index (χ2v) is 6.48. The average Bonchev–Trinajstić information content (AvgIpc) is 3.17. The largest absolute Gasteiger partial charge is 0.507 e. The van der Waals surface area contributed by atoms with Crippen molar-refractivity contribution in [2.75, 3.05) is 0 Å². The zero-order valence-corrected chi connectivity index (χ0v) is 14.7. The molecule has 1 aromatic heterocycles. The van der Waals surface area contributed by atoms with E-state index >= 15 is 0 Å². The van der Waals surface area contributed by atoms with Gasteiger partial charge in [-0.05, 0) is 18.2 Å². The number of nitro groups is 1. The normalized spacial score (nSPS) is 11.7. The summed E-state index contributed by atoms with van der Waals surface area (Å²) in [6, 6.07) is 14.2. The number of fused-ring (bicyclic) bond motifs is 2. The Morgan fingerprint density at radius 1 is 1.03 bits per heavy atom. The number of benzene rings is 3. The Bertz CT molecular complexity index is 1410. The van der Waals surface area contributed by atoms with Crippen molar-refractivity contribution in [3.63, 3.8) is 0 Å². The van der Waals surface area contributed by atoms with E-state index in [4.69, 9.17) is 4.52 Å². The minimum absolute atomic E-state index is 0.0274. The van der Waals surface area contributed by atoms with Crippen LogP contribution >= 0.6 is 0 Å². The number of carbonyl (C=O) groups excluding carboxylic acids is 1. The summed E-state index contributed by atoms with van der Waals surface area (Å²) in [5.41, 5.74) is 2.51. The van der Waals surface area contributed by atoms with Gasteiger partial charge in [0, 0.05) is 28.8 Å². The van der Waals surface area contributed by atoms with Crippen LogP contribution in [0.4, 0.5) is 5.69 Å². The predicted molar refractivity (Wildman–Crippen MR) is 104 cm³/mol. The number of carbonyl (C=O) groups is 1. The molecule has 7 nitrogen and oxygen atoms in total. The van der Waals surface area contributed by atoms with Crippen LogP contribution in [0.1, 0.15) is 27.0 Å². The number of ketones is 1. The molecule has 0 saturated carbocycles. The van der Waals surface area contributed by atoms with E-state index in [0.717, 1.165) is 0 Å². The quantitative estimate of drug-likeness (QED) is 0.266. The molecule has 0 bridgehead atoms. The summed E-state index contributed by atoms with van der Waals surface area (Å²) >= 11 is 0. The Balaban J connectivity index is 1.67. The van der Waals surface area contributed by atoms with E-state index in [1.165, 1.54) is 30.3 Å². The molecule has 1 heterocycles. The molecule has 4 aromatic rings. The molecule has 0 amide bonds. The van der Waals surface area contributed by atoms with Gasteiger partial charge in [-0.1, -0.05) is 41.3 Å². The molecule has 1 N–H and O–H groups in total.